The SMILES string of the molecule is NCC1(c2ccc(O)c(O)c2F)CCCCC1. The fourth-order valence-electron chi connectivity index (χ4n) is 2.78. The molecule has 1 aromatic carbocycles. The molecule has 0 radical (unpaired) electrons. The van der Waals surface area contributed by atoms with E-state index in [1.165, 1.54) is 6.07 Å². The highest BCUT2D eigenvalue weighted by Crippen LogP contribution is 2.43. The molecule has 4 heteroatoms. The first-order valence-electron chi connectivity index (χ1n) is 6.02. The molecule has 17 heavy (non-hydrogen) atoms. The van der Waals surface area contributed by atoms with Crippen molar-refractivity contribution in [3.05, 3.63) is 23.5 Å². The highest BCUT2D eigenvalue weighted by molar-refractivity contribution is 5.45. The summed E-state index contributed by atoms with van der Waals surface area (Å²) in [6, 6.07) is 2.88. The Kier molecular flexibility index (Phi) is 3.24. The summed E-state index contributed by atoms with van der Waals surface area (Å²) in [5, 5.41) is 18.7. The van der Waals surface area contributed by atoms with Crippen molar-refractivity contribution in [2.75, 3.05) is 6.54 Å². The minimum atomic E-state index is -0.725. The van der Waals surface area contributed by atoms with E-state index in [1.807, 2.05) is 0 Å². The summed E-state index contributed by atoms with van der Waals surface area (Å²) in [4.78, 5) is 0. The zero-order valence-corrected chi connectivity index (χ0v) is 9.75. The molecular formula is C13H18FNO2. The van der Waals surface area contributed by atoms with Crippen molar-refractivity contribution in [1.29, 1.82) is 0 Å². The Morgan fingerprint density at radius 1 is 1.18 bits per heavy atom. The number of nitrogens with two attached hydrogens (primary N) is 1. The van der Waals surface area contributed by atoms with Crippen molar-refractivity contribution in [1.82, 2.24) is 0 Å². The van der Waals surface area contributed by atoms with Crippen LogP contribution in [0.4, 0.5) is 4.39 Å². The number of hydrogen-bond acceptors (Lipinski definition) is 3. The van der Waals surface area contributed by atoms with Crippen LogP contribution in [-0.2, 0) is 5.41 Å². The third kappa shape index (κ3) is 1.97. The lowest BCUT2D eigenvalue weighted by Gasteiger charge is -2.37. The van der Waals surface area contributed by atoms with Crippen LogP contribution in [0.1, 0.15) is 37.7 Å². The third-order valence-corrected chi connectivity index (χ3v) is 3.87. The second-order valence-electron chi connectivity index (χ2n) is 4.84. The van der Waals surface area contributed by atoms with Gasteiger partial charge in [0.05, 0.1) is 0 Å². The fraction of sp³-hybridized carbons (Fsp3) is 0.538. The van der Waals surface area contributed by atoms with Gasteiger partial charge in [-0.05, 0) is 24.5 Å². The number of halogens is 1. The molecule has 0 unspecified atom stereocenters. The number of aromatic hydroxyl groups is 2. The Bertz CT molecular complexity index is 414. The summed E-state index contributed by atoms with van der Waals surface area (Å²) in [7, 11) is 0. The van der Waals surface area contributed by atoms with Gasteiger partial charge in [0.15, 0.2) is 17.3 Å². The molecule has 3 nitrogen and oxygen atoms in total. The van der Waals surface area contributed by atoms with Gasteiger partial charge in [-0.15, -0.1) is 0 Å². The van der Waals surface area contributed by atoms with Crippen molar-refractivity contribution >= 4 is 0 Å². The standard InChI is InChI=1S/C13H18FNO2/c14-11-9(4-5-10(16)12(11)17)13(8-15)6-2-1-3-7-13/h4-5,16-17H,1-3,6-8,15H2. The zero-order chi connectivity index (χ0) is 12.5. The van der Waals surface area contributed by atoms with Gasteiger partial charge in [-0.3, -0.25) is 0 Å². The maximum absolute atomic E-state index is 14.0. The van der Waals surface area contributed by atoms with Crippen molar-refractivity contribution in [2.45, 2.75) is 37.5 Å². The number of phenolic OH excluding ortho intramolecular Hbond substituents is 2. The second-order valence-corrected chi connectivity index (χ2v) is 4.84. The Morgan fingerprint density at radius 2 is 1.82 bits per heavy atom. The van der Waals surface area contributed by atoms with Crippen LogP contribution in [0.25, 0.3) is 0 Å². The lowest BCUT2D eigenvalue weighted by atomic mass is 9.69. The fourth-order valence-corrected chi connectivity index (χ4v) is 2.78. The molecule has 1 saturated carbocycles. The minimum absolute atomic E-state index is 0.369. The van der Waals surface area contributed by atoms with Gasteiger partial charge in [-0.2, -0.15) is 0 Å². The van der Waals surface area contributed by atoms with Gasteiger partial charge in [-0.25, -0.2) is 4.39 Å². The Hall–Kier alpha value is -1.29. The van der Waals surface area contributed by atoms with Crippen LogP contribution in [0, 0.1) is 5.82 Å². The number of phenols is 2. The highest BCUT2D eigenvalue weighted by atomic mass is 19.1. The number of hydrogen-bond donors (Lipinski definition) is 3. The van der Waals surface area contributed by atoms with E-state index >= 15 is 0 Å². The van der Waals surface area contributed by atoms with Crippen molar-refractivity contribution in [2.24, 2.45) is 5.73 Å². The maximum atomic E-state index is 14.0. The van der Waals surface area contributed by atoms with E-state index in [0.717, 1.165) is 32.1 Å². The molecule has 1 aliphatic rings. The molecule has 1 aliphatic carbocycles. The number of rotatable bonds is 2. The lowest BCUT2D eigenvalue weighted by Crippen LogP contribution is -2.37. The van der Waals surface area contributed by atoms with E-state index < -0.39 is 17.3 Å². The third-order valence-electron chi connectivity index (χ3n) is 3.87. The first-order chi connectivity index (χ1) is 8.10. The Morgan fingerprint density at radius 3 is 2.41 bits per heavy atom. The van der Waals surface area contributed by atoms with Crippen LogP contribution in [-0.4, -0.2) is 16.8 Å². The first kappa shape index (κ1) is 12.2. The van der Waals surface area contributed by atoms with Crippen LogP contribution in [0.5, 0.6) is 11.5 Å². The van der Waals surface area contributed by atoms with Crippen LogP contribution < -0.4 is 5.73 Å². The summed E-state index contributed by atoms with van der Waals surface area (Å²) < 4.78 is 14.0. The van der Waals surface area contributed by atoms with Crippen molar-refractivity contribution < 1.29 is 14.6 Å². The summed E-state index contributed by atoms with van der Waals surface area (Å²) in [5.41, 5.74) is 5.87. The highest BCUT2D eigenvalue weighted by Gasteiger charge is 2.36. The predicted molar refractivity (Wildman–Crippen MR) is 63.5 cm³/mol. The van der Waals surface area contributed by atoms with E-state index in [2.05, 4.69) is 0 Å². The van der Waals surface area contributed by atoms with E-state index in [4.69, 9.17) is 5.73 Å². The van der Waals surface area contributed by atoms with Gasteiger partial charge < -0.3 is 15.9 Å². The normalized spacial score (nSPS) is 19.2. The van der Waals surface area contributed by atoms with Gasteiger partial charge in [0, 0.05) is 12.0 Å². The minimum Gasteiger partial charge on any atom is -0.504 e. The molecule has 0 spiro atoms. The zero-order valence-electron chi connectivity index (χ0n) is 9.75. The molecule has 0 aromatic heterocycles. The molecule has 0 atom stereocenters. The summed E-state index contributed by atoms with van der Waals surface area (Å²) >= 11 is 0. The summed E-state index contributed by atoms with van der Waals surface area (Å²) in [6.07, 6.45) is 4.87. The largest absolute Gasteiger partial charge is 0.504 e. The Balaban J connectivity index is 2.47. The van der Waals surface area contributed by atoms with Crippen LogP contribution >= 0.6 is 0 Å². The summed E-state index contributed by atoms with van der Waals surface area (Å²) in [6.45, 7) is 0.369. The quantitative estimate of drug-likeness (QED) is 0.694. The molecule has 0 saturated heterocycles. The second kappa shape index (κ2) is 4.53. The topological polar surface area (TPSA) is 66.5 Å². The smallest absolute Gasteiger partial charge is 0.194 e. The Labute approximate surface area is 100 Å². The van der Waals surface area contributed by atoms with E-state index in [9.17, 15) is 14.6 Å². The first-order valence-corrected chi connectivity index (χ1v) is 6.02. The molecular weight excluding hydrogens is 221 g/mol. The van der Waals surface area contributed by atoms with Gasteiger partial charge in [0.2, 0.25) is 0 Å². The van der Waals surface area contributed by atoms with E-state index in [0.29, 0.717) is 12.1 Å². The van der Waals surface area contributed by atoms with Crippen molar-refractivity contribution in [3.63, 3.8) is 0 Å². The molecule has 0 bridgehead atoms. The van der Waals surface area contributed by atoms with Gasteiger partial charge >= 0.3 is 0 Å². The lowest BCUT2D eigenvalue weighted by molar-refractivity contribution is 0.285. The summed E-state index contributed by atoms with van der Waals surface area (Å²) in [5.74, 6) is -1.81. The molecule has 4 N–H and O–H groups in total. The van der Waals surface area contributed by atoms with Gasteiger partial charge in [-0.1, -0.05) is 25.3 Å². The van der Waals surface area contributed by atoms with E-state index in [1.54, 1.807) is 6.07 Å². The molecule has 2 rings (SSSR count). The molecule has 1 aromatic rings. The van der Waals surface area contributed by atoms with E-state index in [-0.39, 0.29) is 5.41 Å². The van der Waals surface area contributed by atoms with Crippen LogP contribution in [0.3, 0.4) is 0 Å². The predicted octanol–water partition coefficient (Wildman–Crippen LogP) is 2.40. The molecule has 1 fully saturated rings. The average molecular weight is 239 g/mol. The van der Waals surface area contributed by atoms with Crippen LogP contribution in [0.15, 0.2) is 12.1 Å². The van der Waals surface area contributed by atoms with Gasteiger partial charge in [0.1, 0.15) is 0 Å². The maximum Gasteiger partial charge on any atom is 0.194 e. The van der Waals surface area contributed by atoms with Crippen LogP contribution in [0.2, 0.25) is 0 Å². The van der Waals surface area contributed by atoms with Gasteiger partial charge in [0.25, 0.3) is 0 Å². The van der Waals surface area contributed by atoms with Crippen molar-refractivity contribution in [3.8, 4) is 11.5 Å². The molecule has 0 heterocycles. The monoisotopic (exact) mass is 239 g/mol. The number of benzene rings is 1. The average Bonchev–Trinajstić information content (AvgIpc) is 2.37. The molecule has 0 aliphatic heterocycles. The molecule has 0 amide bonds. The molecule has 94 valence electrons.